The molecule has 0 bridgehead atoms. The van der Waals surface area contributed by atoms with Gasteiger partial charge in [-0.15, -0.1) is 0 Å². The molecule has 0 heterocycles. The lowest BCUT2D eigenvalue weighted by Gasteiger charge is -2.11. The normalized spacial score (nSPS) is 12.1. The second-order valence-corrected chi connectivity index (χ2v) is 9.73. The van der Waals surface area contributed by atoms with Crippen molar-refractivity contribution in [3.8, 4) is 0 Å². The molecule has 0 N–H and O–H groups in total. The molecule has 0 rings (SSSR count). The van der Waals surface area contributed by atoms with Crippen molar-refractivity contribution in [3.05, 3.63) is 24.3 Å². The molecule has 0 spiro atoms. The van der Waals surface area contributed by atoms with Crippen LogP contribution in [0, 0.1) is 5.92 Å². The smallest absolute Gasteiger partial charge is 0.0351 e. The van der Waals surface area contributed by atoms with Gasteiger partial charge in [-0.1, -0.05) is 148 Å². The molecule has 0 heteroatoms. The number of allylic oxidation sites excluding steroid dienone is 4. The Hall–Kier alpha value is -0.520. The zero-order chi connectivity index (χ0) is 22.0. The highest BCUT2D eigenvalue weighted by atomic mass is 14.1. The van der Waals surface area contributed by atoms with Crippen molar-refractivity contribution in [3.63, 3.8) is 0 Å². The minimum atomic E-state index is 0.950. The summed E-state index contributed by atoms with van der Waals surface area (Å²) in [6, 6.07) is 0. The predicted molar refractivity (Wildman–Crippen MR) is 140 cm³/mol. The molecule has 0 aliphatic heterocycles. The van der Waals surface area contributed by atoms with E-state index in [1.807, 2.05) is 0 Å². The summed E-state index contributed by atoms with van der Waals surface area (Å²) in [6.45, 7) is 7.02. The molecule has 0 atom stereocenters. The van der Waals surface area contributed by atoms with Gasteiger partial charge in [0.05, 0.1) is 0 Å². The molecule has 0 amide bonds. The quantitative estimate of drug-likeness (QED) is 0.108. The zero-order valence-corrected chi connectivity index (χ0v) is 21.4. The zero-order valence-electron chi connectivity index (χ0n) is 21.4. The first-order valence-corrected chi connectivity index (χ1v) is 14.1. The van der Waals surface area contributed by atoms with Gasteiger partial charge in [-0.05, 0) is 44.4 Å². The largest absolute Gasteiger partial charge is 0.0885 e. The lowest BCUT2D eigenvalue weighted by molar-refractivity contribution is 0.431. The second kappa shape index (κ2) is 26.5. The van der Waals surface area contributed by atoms with Gasteiger partial charge in [-0.25, -0.2) is 0 Å². The van der Waals surface area contributed by atoms with E-state index < -0.39 is 0 Å². The van der Waals surface area contributed by atoms with E-state index in [0.29, 0.717) is 0 Å². The molecule has 0 aliphatic rings. The Morgan fingerprint density at radius 1 is 0.400 bits per heavy atom. The molecule has 0 radical (unpaired) electrons. The molecule has 0 aliphatic carbocycles. The number of hydrogen-bond donors (Lipinski definition) is 0. The van der Waals surface area contributed by atoms with Crippen molar-refractivity contribution in [2.75, 3.05) is 0 Å². The average Bonchev–Trinajstić information content (AvgIpc) is 2.75. The molecular formula is C30H58. The summed E-state index contributed by atoms with van der Waals surface area (Å²) in [5, 5.41) is 0. The molecule has 178 valence electrons. The fourth-order valence-corrected chi connectivity index (χ4v) is 4.18. The number of unbranched alkanes of at least 4 members (excludes halogenated alkanes) is 16. The van der Waals surface area contributed by atoms with Crippen LogP contribution in [0.5, 0.6) is 0 Å². The molecule has 0 unspecified atom stereocenters. The highest BCUT2D eigenvalue weighted by Crippen LogP contribution is 2.19. The van der Waals surface area contributed by atoms with E-state index in [4.69, 9.17) is 0 Å². The summed E-state index contributed by atoms with van der Waals surface area (Å²) in [5.74, 6) is 0.950. The van der Waals surface area contributed by atoms with Crippen LogP contribution in [-0.4, -0.2) is 0 Å². The summed E-state index contributed by atoms with van der Waals surface area (Å²) in [7, 11) is 0. The molecule has 0 aromatic rings. The molecule has 0 aromatic heterocycles. The Kier molecular flexibility index (Phi) is 26.1. The van der Waals surface area contributed by atoms with Crippen LogP contribution >= 0.6 is 0 Å². The van der Waals surface area contributed by atoms with Crippen LogP contribution in [0.2, 0.25) is 0 Å². The van der Waals surface area contributed by atoms with E-state index in [2.05, 4.69) is 45.1 Å². The van der Waals surface area contributed by atoms with E-state index in [0.717, 1.165) is 5.92 Å². The summed E-state index contributed by atoms with van der Waals surface area (Å²) in [5.41, 5.74) is 0. The van der Waals surface area contributed by atoms with Crippen molar-refractivity contribution in [1.29, 1.82) is 0 Å². The maximum absolute atomic E-state index is 2.48. The highest BCUT2D eigenvalue weighted by molar-refractivity contribution is 4.81. The minimum absolute atomic E-state index is 0.950. The Labute approximate surface area is 192 Å². The fourth-order valence-electron chi connectivity index (χ4n) is 4.18. The summed E-state index contributed by atoms with van der Waals surface area (Å²) < 4.78 is 0. The SMILES string of the molecule is CCCC/C=C/CCCCCCCCC(C)CCCCCCCC/C=C/CCCC. The maximum atomic E-state index is 2.48. The second-order valence-electron chi connectivity index (χ2n) is 9.73. The van der Waals surface area contributed by atoms with Crippen molar-refractivity contribution >= 4 is 0 Å². The third-order valence-corrected chi connectivity index (χ3v) is 6.42. The van der Waals surface area contributed by atoms with E-state index in [9.17, 15) is 0 Å². The van der Waals surface area contributed by atoms with E-state index in [-0.39, 0.29) is 0 Å². The Balaban J connectivity index is 3.21. The predicted octanol–water partition coefficient (Wildman–Crippen LogP) is 11.4. The lowest BCUT2D eigenvalue weighted by atomic mass is 9.96. The molecule has 0 aromatic carbocycles. The van der Waals surface area contributed by atoms with Crippen LogP contribution in [0.4, 0.5) is 0 Å². The monoisotopic (exact) mass is 418 g/mol. The highest BCUT2D eigenvalue weighted by Gasteiger charge is 2.02. The Morgan fingerprint density at radius 3 is 1.07 bits per heavy atom. The van der Waals surface area contributed by atoms with Gasteiger partial charge < -0.3 is 0 Å². The van der Waals surface area contributed by atoms with Gasteiger partial charge in [0.1, 0.15) is 0 Å². The van der Waals surface area contributed by atoms with Gasteiger partial charge in [0.2, 0.25) is 0 Å². The number of hydrogen-bond acceptors (Lipinski definition) is 0. The van der Waals surface area contributed by atoms with E-state index >= 15 is 0 Å². The summed E-state index contributed by atoms with van der Waals surface area (Å²) >= 11 is 0. The van der Waals surface area contributed by atoms with E-state index in [1.165, 1.54) is 141 Å². The standard InChI is InChI=1S/C30H58/c1-4-6-8-10-12-14-16-18-20-22-24-26-28-30(3)29-27-25-23-21-19-17-15-13-11-9-7-5-2/h10-13,30H,4-9,14-29H2,1-3H3/b12-10+,13-11+. The van der Waals surface area contributed by atoms with Gasteiger partial charge in [0, 0.05) is 0 Å². The van der Waals surface area contributed by atoms with Gasteiger partial charge in [0.25, 0.3) is 0 Å². The topological polar surface area (TPSA) is 0 Å². The van der Waals surface area contributed by atoms with E-state index in [1.54, 1.807) is 0 Å². The third kappa shape index (κ3) is 25.5. The van der Waals surface area contributed by atoms with Crippen molar-refractivity contribution in [1.82, 2.24) is 0 Å². The maximum Gasteiger partial charge on any atom is -0.0351 e. The third-order valence-electron chi connectivity index (χ3n) is 6.42. The van der Waals surface area contributed by atoms with Gasteiger partial charge in [0.15, 0.2) is 0 Å². The summed E-state index contributed by atoms with van der Waals surface area (Å²) in [4.78, 5) is 0. The first-order chi connectivity index (χ1) is 14.8. The van der Waals surface area contributed by atoms with Crippen molar-refractivity contribution in [2.45, 2.75) is 162 Å². The lowest BCUT2D eigenvalue weighted by Crippen LogP contribution is -1.95. The molecular weight excluding hydrogens is 360 g/mol. The number of rotatable bonds is 24. The van der Waals surface area contributed by atoms with Crippen LogP contribution in [0.1, 0.15) is 162 Å². The minimum Gasteiger partial charge on any atom is -0.0885 e. The van der Waals surface area contributed by atoms with Crippen LogP contribution in [0.3, 0.4) is 0 Å². The van der Waals surface area contributed by atoms with Crippen LogP contribution < -0.4 is 0 Å². The average molecular weight is 419 g/mol. The molecule has 0 nitrogen and oxygen atoms in total. The fraction of sp³-hybridized carbons (Fsp3) is 0.867. The van der Waals surface area contributed by atoms with Crippen molar-refractivity contribution < 1.29 is 0 Å². The summed E-state index contributed by atoms with van der Waals surface area (Å²) in [6.07, 6.45) is 40.4. The Morgan fingerprint density at radius 2 is 0.700 bits per heavy atom. The van der Waals surface area contributed by atoms with Crippen molar-refractivity contribution in [2.24, 2.45) is 5.92 Å². The molecule has 0 fully saturated rings. The van der Waals surface area contributed by atoms with Gasteiger partial charge in [-0.3, -0.25) is 0 Å². The molecule has 30 heavy (non-hydrogen) atoms. The van der Waals surface area contributed by atoms with Gasteiger partial charge in [-0.2, -0.15) is 0 Å². The molecule has 0 saturated carbocycles. The van der Waals surface area contributed by atoms with Gasteiger partial charge >= 0.3 is 0 Å². The Bertz CT molecular complexity index is 317. The van der Waals surface area contributed by atoms with Crippen LogP contribution in [-0.2, 0) is 0 Å². The first kappa shape index (κ1) is 29.5. The van der Waals surface area contributed by atoms with Crippen LogP contribution in [0.25, 0.3) is 0 Å². The van der Waals surface area contributed by atoms with Crippen LogP contribution in [0.15, 0.2) is 24.3 Å². The first-order valence-electron chi connectivity index (χ1n) is 14.1. The molecule has 0 saturated heterocycles.